The van der Waals surface area contributed by atoms with Gasteiger partial charge in [-0.2, -0.15) is 5.10 Å². The number of nitrogens with one attached hydrogen (secondary N) is 1. The summed E-state index contributed by atoms with van der Waals surface area (Å²) in [6.07, 6.45) is 1.88. The highest BCUT2D eigenvalue weighted by molar-refractivity contribution is 5.87. The van der Waals surface area contributed by atoms with Crippen LogP contribution in [-0.2, 0) is 0 Å². The molecule has 0 unspecified atom stereocenters. The van der Waals surface area contributed by atoms with Crippen molar-refractivity contribution in [3.05, 3.63) is 57.8 Å². The van der Waals surface area contributed by atoms with E-state index in [2.05, 4.69) is 41.4 Å². The minimum absolute atomic E-state index is 0.144. The molecule has 0 amide bonds. The van der Waals surface area contributed by atoms with Gasteiger partial charge in [-0.25, -0.2) is 5.10 Å². The van der Waals surface area contributed by atoms with Crippen molar-refractivity contribution < 1.29 is 0 Å². The summed E-state index contributed by atoms with van der Waals surface area (Å²) < 4.78 is 2.04. The van der Waals surface area contributed by atoms with E-state index in [4.69, 9.17) is 0 Å². The number of rotatable bonds is 1. The Bertz CT molecular complexity index is 810. The minimum atomic E-state index is -0.144. The lowest BCUT2D eigenvalue weighted by atomic mass is 10.2. The zero-order chi connectivity index (χ0) is 13.6. The zero-order valence-corrected chi connectivity index (χ0v) is 11.2. The molecule has 3 aromatic rings. The van der Waals surface area contributed by atoms with Crippen LogP contribution in [0, 0.1) is 20.8 Å². The predicted octanol–water partition coefficient (Wildman–Crippen LogP) is 2.64. The van der Waals surface area contributed by atoms with Gasteiger partial charge in [0.15, 0.2) is 0 Å². The van der Waals surface area contributed by atoms with Gasteiger partial charge in [0.05, 0.1) is 11.1 Å². The smallest absolute Gasteiger partial charge is 0.273 e. The molecular formula is C15H15N3O. The van der Waals surface area contributed by atoms with Crippen LogP contribution in [0.15, 0.2) is 35.3 Å². The molecule has 0 radical (unpaired) electrons. The lowest BCUT2D eigenvalue weighted by Gasteiger charge is -2.06. The fourth-order valence-electron chi connectivity index (χ4n) is 2.46. The third-order valence-electron chi connectivity index (χ3n) is 3.49. The quantitative estimate of drug-likeness (QED) is 0.724. The van der Waals surface area contributed by atoms with Gasteiger partial charge >= 0.3 is 0 Å². The zero-order valence-electron chi connectivity index (χ0n) is 11.2. The van der Waals surface area contributed by atoms with Crippen LogP contribution in [-0.4, -0.2) is 14.8 Å². The molecule has 3 rings (SSSR count). The van der Waals surface area contributed by atoms with Gasteiger partial charge in [0.2, 0.25) is 0 Å². The van der Waals surface area contributed by atoms with Gasteiger partial charge in [-0.15, -0.1) is 0 Å². The van der Waals surface area contributed by atoms with Gasteiger partial charge in [-0.3, -0.25) is 4.79 Å². The van der Waals surface area contributed by atoms with Crippen molar-refractivity contribution in [2.75, 3.05) is 0 Å². The minimum Gasteiger partial charge on any atom is -0.320 e. The molecule has 0 saturated heterocycles. The first kappa shape index (κ1) is 11.7. The van der Waals surface area contributed by atoms with E-state index in [-0.39, 0.29) is 5.56 Å². The molecule has 0 saturated carbocycles. The summed E-state index contributed by atoms with van der Waals surface area (Å²) in [6, 6.07) is 8.24. The van der Waals surface area contributed by atoms with Crippen LogP contribution < -0.4 is 5.56 Å². The number of aromatic amines is 1. The van der Waals surface area contributed by atoms with Crippen LogP contribution in [0.25, 0.3) is 16.5 Å². The molecule has 0 aliphatic rings. The molecule has 96 valence electrons. The normalized spacial score (nSPS) is 11.1. The predicted molar refractivity (Wildman–Crippen MR) is 75.9 cm³/mol. The van der Waals surface area contributed by atoms with E-state index in [1.807, 2.05) is 24.6 Å². The maximum atomic E-state index is 11.9. The number of fused-ring (bicyclic) bond motifs is 1. The molecule has 4 heteroatoms. The molecule has 4 nitrogen and oxygen atoms in total. The molecule has 2 heterocycles. The highest BCUT2D eigenvalue weighted by Gasteiger charge is 2.12. The van der Waals surface area contributed by atoms with Crippen LogP contribution in [0.3, 0.4) is 0 Å². The number of hydrogen-bond donors (Lipinski definition) is 1. The van der Waals surface area contributed by atoms with E-state index in [1.165, 1.54) is 5.56 Å². The lowest BCUT2D eigenvalue weighted by molar-refractivity contribution is 0.970. The Balaban J connectivity index is 2.34. The molecule has 1 N–H and O–H groups in total. The maximum absolute atomic E-state index is 11.9. The Morgan fingerprint density at radius 2 is 1.79 bits per heavy atom. The molecule has 0 aliphatic heterocycles. The van der Waals surface area contributed by atoms with Crippen molar-refractivity contribution in [3.63, 3.8) is 0 Å². The van der Waals surface area contributed by atoms with Crippen LogP contribution >= 0.6 is 0 Å². The van der Waals surface area contributed by atoms with E-state index < -0.39 is 0 Å². The highest BCUT2D eigenvalue weighted by Crippen LogP contribution is 2.23. The summed E-state index contributed by atoms with van der Waals surface area (Å²) in [5.41, 5.74) is 4.01. The Labute approximate surface area is 110 Å². The van der Waals surface area contributed by atoms with Crippen LogP contribution in [0.2, 0.25) is 0 Å². The third kappa shape index (κ3) is 1.76. The summed E-state index contributed by atoms with van der Waals surface area (Å²) in [7, 11) is 0. The number of benzene rings is 1. The summed E-state index contributed by atoms with van der Waals surface area (Å²) in [5.74, 6) is 0. The number of hydrogen-bond acceptors (Lipinski definition) is 2. The molecule has 19 heavy (non-hydrogen) atoms. The van der Waals surface area contributed by atoms with E-state index in [1.54, 1.807) is 0 Å². The van der Waals surface area contributed by atoms with E-state index in [9.17, 15) is 4.79 Å². The average molecular weight is 253 g/mol. The third-order valence-corrected chi connectivity index (χ3v) is 3.49. The Kier molecular flexibility index (Phi) is 2.52. The van der Waals surface area contributed by atoms with Gasteiger partial charge in [-0.05, 0) is 32.9 Å². The molecular weight excluding hydrogens is 238 g/mol. The average Bonchev–Trinajstić information content (AvgIpc) is 2.74. The first-order valence-corrected chi connectivity index (χ1v) is 6.22. The van der Waals surface area contributed by atoms with Gasteiger partial charge in [0.25, 0.3) is 5.56 Å². The Hall–Kier alpha value is -2.36. The van der Waals surface area contributed by atoms with Crippen molar-refractivity contribution >= 4 is 10.8 Å². The van der Waals surface area contributed by atoms with Gasteiger partial charge in [-0.1, -0.05) is 17.7 Å². The van der Waals surface area contributed by atoms with Crippen LogP contribution in [0.1, 0.15) is 17.0 Å². The van der Waals surface area contributed by atoms with Crippen LogP contribution in [0.4, 0.5) is 0 Å². The van der Waals surface area contributed by atoms with E-state index in [0.717, 1.165) is 22.5 Å². The van der Waals surface area contributed by atoms with Gasteiger partial charge in [0, 0.05) is 23.0 Å². The standard InChI is InChI=1S/C15H15N3O/c1-9-4-6-12(7-5-9)18-8-13-14(11(18)3)10(2)16-17-15(13)19/h4-8H,1-3H3,(H,17,19). The Morgan fingerprint density at radius 3 is 2.42 bits per heavy atom. The largest absolute Gasteiger partial charge is 0.320 e. The monoisotopic (exact) mass is 253 g/mol. The Morgan fingerprint density at radius 1 is 1.11 bits per heavy atom. The van der Waals surface area contributed by atoms with Crippen molar-refractivity contribution in [1.82, 2.24) is 14.8 Å². The molecule has 0 atom stereocenters. The molecule has 1 aromatic carbocycles. The van der Waals surface area contributed by atoms with Crippen molar-refractivity contribution in [3.8, 4) is 5.69 Å². The fourth-order valence-corrected chi connectivity index (χ4v) is 2.46. The molecule has 2 aromatic heterocycles. The van der Waals surface area contributed by atoms with Crippen molar-refractivity contribution in [1.29, 1.82) is 0 Å². The second kappa shape index (κ2) is 4.09. The summed E-state index contributed by atoms with van der Waals surface area (Å²) in [6.45, 7) is 5.97. The number of nitrogens with zero attached hydrogens (tertiary/aromatic N) is 2. The fraction of sp³-hybridized carbons (Fsp3) is 0.200. The highest BCUT2D eigenvalue weighted by atomic mass is 16.1. The van der Waals surface area contributed by atoms with E-state index in [0.29, 0.717) is 5.39 Å². The number of H-pyrrole nitrogens is 1. The van der Waals surface area contributed by atoms with Crippen LogP contribution in [0.5, 0.6) is 0 Å². The first-order valence-electron chi connectivity index (χ1n) is 6.22. The summed E-state index contributed by atoms with van der Waals surface area (Å²) in [4.78, 5) is 11.9. The van der Waals surface area contributed by atoms with Crippen molar-refractivity contribution in [2.45, 2.75) is 20.8 Å². The second-order valence-corrected chi connectivity index (χ2v) is 4.85. The summed E-state index contributed by atoms with van der Waals surface area (Å²) >= 11 is 0. The lowest BCUT2D eigenvalue weighted by Crippen LogP contribution is -2.08. The molecule has 0 bridgehead atoms. The molecule has 0 spiro atoms. The molecule has 0 fully saturated rings. The summed E-state index contributed by atoms with van der Waals surface area (Å²) in [5, 5.41) is 8.18. The van der Waals surface area contributed by atoms with E-state index >= 15 is 0 Å². The topological polar surface area (TPSA) is 50.7 Å². The van der Waals surface area contributed by atoms with Gasteiger partial charge in [0.1, 0.15) is 0 Å². The first-order chi connectivity index (χ1) is 9.08. The van der Waals surface area contributed by atoms with Gasteiger partial charge < -0.3 is 4.57 Å². The molecule has 0 aliphatic carbocycles. The number of aryl methyl sites for hydroxylation is 3. The number of aromatic nitrogens is 3. The SMILES string of the molecule is Cc1ccc(-n2cc3c(=O)[nH]nc(C)c3c2C)cc1. The second-order valence-electron chi connectivity index (χ2n) is 4.85. The maximum Gasteiger partial charge on any atom is 0.273 e. The van der Waals surface area contributed by atoms with Crippen molar-refractivity contribution in [2.24, 2.45) is 0 Å².